The predicted octanol–water partition coefficient (Wildman–Crippen LogP) is 4.22. The van der Waals surface area contributed by atoms with Gasteiger partial charge in [-0.2, -0.15) is 5.26 Å². The van der Waals surface area contributed by atoms with Crippen molar-refractivity contribution in [3.05, 3.63) is 29.3 Å². The minimum absolute atomic E-state index is 0.234. The molecule has 3 unspecified atom stereocenters. The zero-order valence-corrected chi connectivity index (χ0v) is 13.7. The molecule has 1 aromatic rings. The molecule has 0 radical (unpaired) electrons. The Morgan fingerprint density at radius 2 is 2.14 bits per heavy atom. The summed E-state index contributed by atoms with van der Waals surface area (Å²) in [6, 6.07) is 8.54. The molecule has 1 aliphatic carbocycles. The van der Waals surface area contributed by atoms with E-state index in [9.17, 15) is 13.7 Å². The molecule has 2 rings (SSSR count). The number of sulfone groups is 1. The van der Waals surface area contributed by atoms with Gasteiger partial charge < -0.3 is 0 Å². The Morgan fingerprint density at radius 3 is 2.76 bits per heavy atom. The van der Waals surface area contributed by atoms with Crippen LogP contribution in [0.4, 0.5) is 0 Å². The molecule has 1 saturated carbocycles. The van der Waals surface area contributed by atoms with Crippen LogP contribution in [-0.4, -0.2) is 13.7 Å². The van der Waals surface area contributed by atoms with E-state index in [0.29, 0.717) is 23.8 Å². The molecule has 1 aliphatic rings. The highest BCUT2D eigenvalue weighted by Crippen LogP contribution is 2.38. The van der Waals surface area contributed by atoms with Crippen molar-refractivity contribution < 1.29 is 8.42 Å². The maximum absolute atomic E-state index is 12.8. The molecule has 0 saturated heterocycles. The van der Waals surface area contributed by atoms with E-state index < -0.39 is 21.0 Å². The van der Waals surface area contributed by atoms with E-state index in [1.165, 1.54) is 6.07 Å². The van der Waals surface area contributed by atoms with Gasteiger partial charge in [0.2, 0.25) is 0 Å². The Labute approximate surface area is 131 Å². The Kier molecular flexibility index (Phi) is 5.29. The topological polar surface area (TPSA) is 57.9 Å². The van der Waals surface area contributed by atoms with Crippen molar-refractivity contribution in [2.75, 3.05) is 0 Å². The normalized spacial score (nSPS) is 26.2. The first-order chi connectivity index (χ1) is 9.98. The lowest BCUT2D eigenvalue weighted by atomic mass is 9.80. The van der Waals surface area contributed by atoms with E-state index in [1.54, 1.807) is 18.2 Å². The minimum Gasteiger partial charge on any atom is -0.223 e. The van der Waals surface area contributed by atoms with Crippen molar-refractivity contribution in [2.45, 2.75) is 49.2 Å². The number of hydrogen-bond donors (Lipinski definition) is 0. The van der Waals surface area contributed by atoms with Crippen LogP contribution >= 0.6 is 11.6 Å². The number of nitrogens with zero attached hydrogens (tertiary/aromatic N) is 1. The molecule has 1 aromatic carbocycles. The van der Waals surface area contributed by atoms with Gasteiger partial charge in [0.1, 0.15) is 0 Å². The van der Waals surface area contributed by atoms with Gasteiger partial charge in [0.05, 0.1) is 22.1 Å². The molecule has 0 aromatic heterocycles. The number of nitriles is 1. The standard InChI is InChI=1S/C16H20ClNO2S/c1-2-4-12-7-8-13(11-18)16(9-12)21(19,20)15-6-3-5-14(17)10-15/h3,5-6,10,12-13,16H,2,4,7-9H2,1H3. The quantitative estimate of drug-likeness (QED) is 0.832. The van der Waals surface area contributed by atoms with E-state index in [0.717, 1.165) is 19.3 Å². The number of halogens is 1. The molecular formula is C16H20ClNO2S. The van der Waals surface area contributed by atoms with Crippen molar-refractivity contribution in [1.82, 2.24) is 0 Å². The van der Waals surface area contributed by atoms with E-state index in [2.05, 4.69) is 13.0 Å². The Hall–Kier alpha value is -1.05. The fourth-order valence-corrected chi connectivity index (χ4v) is 5.51. The summed E-state index contributed by atoms with van der Waals surface area (Å²) in [5.41, 5.74) is 0. The lowest BCUT2D eigenvalue weighted by molar-refractivity contribution is 0.299. The van der Waals surface area contributed by atoms with Crippen molar-refractivity contribution in [2.24, 2.45) is 11.8 Å². The summed E-state index contributed by atoms with van der Waals surface area (Å²) >= 11 is 5.91. The third-order valence-electron chi connectivity index (χ3n) is 4.29. The maximum Gasteiger partial charge on any atom is 0.182 e. The lowest BCUT2D eigenvalue weighted by Crippen LogP contribution is -2.35. The number of hydrogen-bond acceptors (Lipinski definition) is 3. The van der Waals surface area contributed by atoms with Crippen LogP contribution in [0.25, 0.3) is 0 Å². The van der Waals surface area contributed by atoms with Crippen LogP contribution in [0.15, 0.2) is 29.2 Å². The zero-order chi connectivity index (χ0) is 15.5. The fraction of sp³-hybridized carbons (Fsp3) is 0.562. The maximum atomic E-state index is 12.8. The third-order valence-corrected chi connectivity index (χ3v) is 6.75. The van der Waals surface area contributed by atoms with Gasteiger partial charge in [0, 0.05) is 5.02 Å². The highest BCUT2D eigenvalue weighted by atomic mass is 35.5. The largest absolute Gasteiger partial charge is 0.223 e. The molecule has 0 spiro atoms. The second kappa shape index (κ2) is 6.81. The lowest BCUT2D eigenvalue weighted by Gasteiger charge is -2.32. The first-order valence-electron chi connectivity index (χ1n) is 7.38. The average molecular weight is 326 g/mol. The summed E-state index contributed by atoms with van der Waals surface area (Å²) in [6.45, 7) is 2.11. The first kappa shape index (κ1) is 16.3. The zero-order valence-electron chi connectivity index (χ0n) is 12.1. The molecule has 5 heteroatoms. The molecule has 0 aliphatic heterocycles. The van der Waals surface area contributed by atoms with Crippen LogP contribution in [0.5, 0.6) is 0 Å². The van der Waals surface area contributed by atoms with Gasteiger partial charge in [-0.3, -0.25) is 0 Å². The molecule has 0 amide bonds. The fourth-order valence-electron chi connectivity index (χ4n) is 3.19. The Morgan fingerprint density at radius 1 is 1.38 bits per heavy atom. The summed E-state index contributed by atoms with van der Waals surface area (Å²) in [5.74, 6) is -0.0133. The van der Waals surface area contributed by atoms with Crippen LogP contribution in [0.3, 0.4) is 0 Å². The van der Waals surface area contributed by atoms with E-state index >= 15 is 0 Å². The van der Waals surface area contributed by atoms with Gasteiger partial charge in [-0.15, -0.1) is 0 Å². The smallest absolute Gasteiger partial charge is 0.182 e. The minimum atomic E-state index is -3.50. The highest BCUT2D eigenvalue weighted by molar-refractivity contribution is 7.92. The monoisotopic (exact) mass is 325 g/mol. The summed E-state index contributed by atoms with van der Waals surface area (Å²) < 4.78 is 25.7. The molecule has 1 fully saturated rings. The molecular weight excluding hydrogens is 306 g/mol. The molecule has 0 heterocycles. The van der Waals surface area contributed by atoms with Crippen molar-refractivity contribution >= 4 is 21.4 Å². The molecule has 3 nitrogen and oxygen atoms in total. The van der Waals surface area contributed by atoms with Crippen LogP contribution < -0.4 is 0 Å². The van der Waals surface area contributed by atoms with E-state index in [-0.39, 0.29) is 4.90 Å². The highest BCUT2D eigenvalue weighted by Gasteiger charge is 2.39. The van der Waals surface area contributed by atoms with Crippen LogP contribution in [0.1, 0.15) is 39.0 Å². The van der Waals surface area contributed by atoms with Gasteiger partial charge in [-0.1, -0.05) is 37.4 Å². The van der Waals surface area contributed by atoms with Crippen molar-refractivity contribution in [3.63, 3.8) is 0 Å². The SMILES string of the molecule is CCCC1CCC(C#N)C(S(=O)(=O)c2cccc(Cl)c2)C1. The van der Waals surface area contributed by atoms with Crippen molar-refractivity contribution in [1.29, 1.82) is 5.26 Å². The molecule has 114 valence electrons. The summed E-state index contributed by atoms with van der Waals surface area (Å²) in [5, 5.41) is 9.10. The second-order valence-corrected chi connectivity index (χ2v) is 8.35. The Balaban J connectivity index is 2.33. The van der Waals surface area contributed by atoms with Gasteiger partial charge in [0.25, 0.3) is 0 Å². The first-order valence-corrected chi connectivity index (χ1v) is 9.30. The van der Waals surface area contributed by atoms with E-state index in [1.807, 2.05) is 0 Å². The summed E-state index contributed by atoms with van der Waals surface area (Å²) in [6.07, 6.45) is 4.28. The number of rotatable bonds is 4. The van der Waals surface area contributed by atoms with Crippen LogP contribution in [0.2, 0.25) is 5.02 Å². The van der Waals surface area contributed by atoms with Gasteiger partial charge in [-0.25, -0.2) is 8.42 Å². The predicted molar refractivity (Wildman–Crippen MR) is 83.8 cm³/mol. The molecule has 0 N–H and O–H groups in total. The molecule has 0 bridgehead atoms. The molecule has 21 heavy (non-hydrogen) atoms. The van der Waals surface area contributed by atoms with Gasteiger partial charge in [0.15, 0.2) is 9.84 Å². The van der Waals surface area contributed by atoms with Gasteiger partial charge in [-0.05, 0) is 43.4 Å². The van der Waals surface area contributed by atoms with Crippen LogP contribution in [0, 0.1) is 23.2 Å². The number of benzene rings is 1. The average Bonchev–Trinajstić information content (AvgIpc) is 2.47. The van der Waals surface area contributed by atoms with Crippen molar-refractivity contribution in [3.8, 4) is 6.07 Å². The second-order valence-electron chi connectivity index (χ2n) is 5.74. The third kappa shape index (κ3) is 3.59. The summed E-state index contributed by atoms with van der Waals surface area (Å²) in [4.78, 5) is 0.234. The Bertz CT molecular complexity index is 636. The van der Waals surface area contributed by atoms with E-state index in [4.69, 9.17) is 11.6 Å². The molecule has 3 atom stereocenters. The summed E-state index contributed by atoms with van der Waals surface area (Å²) in [7, 11) is -3.50. The van der Waals surface area contributed by atoms with Gasteiger partial charge >= 0.3 is 0 Å². The van der Waals surface area contributed by atoms with Crippen LogP contribution in [-0.2, 0) is 9.84 Å².